The van der Waals surface area contributed by atoms with Crippen LogP contribution in [0.5, 0.6) is 5.75 Å². The number of nitrogens with one attached hydrogen (secondary N) is 1. The standard InChI is InChI=1S/C15H16F3NO3/c1-8(2)7-19-12-9-5-3-4-6-10(9)22-13(15(16,17)18)11(12)14(20)21/h3-6,8,13,19H,7H2,1-2H3,(H,20,21). The summed E-state index contributed by atoms with van der Waals surface area (Å²) in [5.41, 5.74) is -0.529. The average molecular weight is 315 g/mol. The topological polar surface area (TPSA) is 58.6 Å². The molecular formula is C15H16F3NO3. The molecule has 1 unspecified atom stereocenters. The number of benzene rings is 1. The average Bonchev–Trinajstić information content (AvgIpc) is 2.42. The van der Waals surface area contributed by atoms with Gasteiger partial charge in [0.05, 0.1) is 5.70 Å². The number of alkyl halides is 3. The maximum Gasteiger partial charge on any atom is 0.430 e. The molecule has 0 radical (unpaired) electrons. The summed E-state index contributed by atoms with van der Waals surface area (Å²) in [6, 6.07) is 6.09. The molecule has 0 saturated heterocycles. The number of hydrogen-bond acceptors (Lipinski definition) is 3. The van der Waals surface area contributed by atoms with Gasteiger partial charge in [-0.2, -0.15) is 13.2 Å². The van der Waals surface area contributed by atoms with Crippen molar-refractivity contribution in [3.8, 4) is 5.75 Å². The van der Waals surface area contributed by atoms with Gasteiger partial charge in [-0.05, 0) is 18.1 Å². The minimum atomic E-state index is -4.81. The first-order valence-electron chi connectivity index (χ1n) is 6.76. The van der Waals surface area contributed by atoms with Crippen molar-refractivity contribution in [1.82, 2.24) is 5.32 Å². The molecule has 1 heterocycles. The van der Waals surface area contributed by atoms with Crippen LogP contribution in [0.3, 0.4) is 0 Å². The molecule has 7 heteroatoms. The predicted octanol–water partition coefficient (Wildman–Crippen LogP) is 3.05. The van der Waals surface area contributed by atoms with Crippen LogP contribution in [0.15, 0.2) is 29.8 Å². The summed E-state index contributed by atoms with van der Waals surface area (Å²) in [4.78, 5) is 11.4. The molecule has 2 rings (SSSR count). The second kappa shape index (κ2) is 5.90. The Labute approximate surface area is 125 Å². The molecule has 0 aliphatic carbocycles. The van der Waals surface area contributed by atoms with Crippen LogP contribution in [-0.4, -0.2) is 29.9 Å². The maximum absolute atomic E-state index is 13.2. The molecule has 0 bridgehead atoms. The van der Waals surface area contributed by atoms with Crippen molar-refractivity contribution < 1.29 is 27.8 Å². The predicted molar refractivity (Wildman–Crippen MR) is 74.3 cm³/mol. The number of para-hydroxylation sites is 1. The number of carboxylic acid groups (broad SMARTS) is 1. The van der Waals surface area contributed by atoms with Crippen molar-refractivity contribution in [2.24, 2.45) is 5.92 Å². The van der Waals surface area contributed by atoms with Gasteiger partial charge in [-0.3, -0.25) is 0 Å². The van der Waals surface area contributed by atoms with Gasteiger partial charge in [-0.25, -0.2) is 4.79 Å². The second-order valence-electron chi connectivity index (χ2n) is 5.40. The van der Waals surface area contributed by atoms with Crippen LogP contribution in [-0.2, 0) is 4.79 Å². The Morgan fingerprint density at radius 1 is 1.36 bits per heavy atom. The fourth-order valence-electron chi connectivity index (χ4n) is 2.18. The van der Waals surface area contributed by atoms with E-state index in [9.17, 15) is 23.1 Å². The SMILES string of the molecule is CC(C)CNC1=C(C(=O)O)C(C(F)(F)F)Oc2ccccc21. The Morgan fingerprint density at radius 2 is 2.00 bits per heavy atom. The second-order valence-corrected chi connectivity index (χ2v) is 5.40. The molecule has 4 nitrogen and oxygen atoms in total. The number of fused-ring (bicyclic) bond motifs is 1. The van der Waals surface area contributed by atoms with E-state index in [1.165, 1.54) is 18.2 Å². The van der Waals surface area contributed by atoms with Crippen molar-refractivity contribution in [3.05, 3.63) is 35.4 Å². The van der Waals surface area contributed by atoms with E-state index in [1.807, 2.05) is 13.8 Å². The lowest BCUT2D eigenvalue weighted by molar-refractivity contribution is -0.187. The third-order valence-corrected chi connectivity index (χ3v) is 3.15. The number of rotatable bonds is 4. The van der Waals surface area contributed by atoms with E-state index < -0.39 is 23.8 Å². The van der Waals surface area contributed by atoms with Gasteiger partial charge < -0.3 is 15.2 Å². The lowest BCUT2D eigenvalue weighted by Crippen LogP contribution is -2.43. The zero-order valence-electron chi connectivity index (χ0n) is 12.1. The van der Waals surface area contributed by atoms with Gasteiger partial charge in [0.25, 0.3) is 0 Å². The maximum atomic E-state index is 13.2. The van der Waals surface area contributed by atoms with Crippen LogP contribution < -0.4 is 10.1 Å². The first kappa shape index (κ1) is 16.2. The Hall–Kier alpha value is -2.18. The normalized spacial score (nSPS) is 18.0. The number of halogens is 3. The van der Waals surface area contributed by atoms with E-state index in [4.69, 9.17) is 4.74 Å². The van der Waals surface area contributed by atoms with E-state index >= 15 is 0 Å². The fourth-order valence-corrected chi connectivity index (χ4v) is 2.18. The molecule has 0 saturated carbocycles. The summed E-state index contributed by atoms with van der Waals surface area (Å²) in [5, 5.41) is 12.1. The lowest BCUT2D eigenvalue weighted by atomic mass is 9.97. The van der Waals surface area contributed by atoms with Crippen molar-refractivity contribution >= 4 is 11.7 Å². The Balaban J connectivity index is 2.60. The largest absolute Gasteiger partial charge is 0.478 e. The molecule has 0 fully saturated rings. The highest BCUT2D eigenvalue weighted by molar-refractivity contribution is 5.99. The van der Waals surface area contributed by atoms with Crippen molar-refractivity contribution in [2.45, 2.75) is 26.1 Å². The van der Waals surface area contributed by atoms with Gasteiger partial charge >= 0.3 is 12.1 Å². The molecule has 1 aromatic carbocycles. The fraction of sp³-hybridized carbons (Fsp3) is 0.400. The highest BCUT2D eigenvalue weighted by atomic mass is 19.4. The van der Waals surface area contributed by atoms with Gasteiger partial charge in [0.15, 0.2) is 0 Å². The molecule has 1 atom stereocenters. The molecule has 0 spiro atoms. The van der Waals surface area contributed by atoms with E-state index in [0.717, 1.165) is 0 Å². The van der Waals surface area contributed by atoms with Crippen LogP contribution in [0.4, 0.5) is 13.2 Å². The zero-order chi connectivity index (χ0) is 16.5. The Morgan fingerprint density at radius 3 is 2.55 bits per heavy atom. The van der Waals surface area contributed by atoms with Crippen molar-refractivity contribution in [3.63, 3.8) is 0 Å². The number of carbonyl (C=O) groups is 1. The molecule has 1 aliphatic rings. The van der Waals surface area contributed by atoms with Gasteiger partial charge in [0.2, 0.25) is 6.10 Å². The zero-order valence-corrected chi connectivity index (χ0v) is 12.1. The number of carboxylic acids is 1. The first-order chi connectivity index (χ1) is 10.2. The van der Waals surface area contributed by atoms with E-state index in [-0.39, 0.29) is 17.4 Å². The third kappa shape index (κ3) is 3.18. The Bertz CT molecular complexity index is 608. The number of aliphatic carboxylic acids is 1. The summed E-state index contributed by atoms with van der Waals surface area (Å²) in [7, 11) is 0. The molecule has 22 heavy (non-hydrogen) atoms. The highest BCUT2D eigenvalue weighted by Crippen LogP contribution is 2.40. The molecule has 0 aromatic heterocycles. The van der Waals surface area contributed by atoms with Crippen LogP contribution in [0.25, 0.3) is 5.70 Å². The molecule has 0 amide bonds. The van der Waals surface area contributed by atoms with Gasteiger partial charge in [-0.1, -0.05) is 26.0 Å². The summed E-state index contributed by atoms with van der Waals surface area (Å²) in [5.74, 6) is -1.49. The molecule has 2 N–H and O–H groups in total. The van der Waals surface area contributed by atoms with E-state index in [0.29, 0.717) is 12.1 Å². The van der Waals surface area contributed by atoms with Crippen molar-refractivity contribution in [1.29, 1.82) is 0 Å². The number of ether oxygens (including phenoxy) is 1. The minimum absolute atomic E-state index is 0.0149. The lowest BCUT2D eigenvalue weighted by Gasteiger charge is -2.31. The summed E-state index contributed by atoms with van der Waals surface area (Å²) in [6.45, 7) is 4.10. The van der Waals surface area contributed by atoms with Crippen LogP contribution in [0.2, 0.25) is 0 Å². The van der Waals surface area contributed by atoms with Gasteiger partial charge in [0.1, 0.15) is 11.3 Å². The molecule has 1 aromatic rings. The smallest absolute Gasteiger partial charge is 0.430 e. The minimum Gasteiger partial charge on any atom is -0.478 e. The van der Waals surface area contributed by atoms with E-state index in [2.05, 4.69) is 5.32 Å². The quantitative estimate of drug-likeness (QED) is 0.896. The van der Waals surface area contributed by atoms with Crippen LogP contribution in [0.1, 0.15) is 19.4 Å². The van der Waals surface area contributed by atoms with Crippen LogP contribution in [0, 0.1) is 5.92 Å². The monoisotopic (exact) mass is 315 g/mol. The third-order valence-electron chi connectivity index (χ3n) is 3.15. The van der Waals surface area contributed by atoms with Gasteiger partial charge in [-0.15, -0.1) is 0 Å². The Kier molecular flexibility index (Phi) is 4.35. The number of hydrogen-bond donors (Lipinski definition) is 2. The van der Waals surface area contributed by atoms with E-state index in [1.54, 1.807) is 6.07 Å². The summed E-state index contributed by atoms with van der Waals surface area (Å²) >= 11 is 0. The molecule has 120 valence electrons. The van der Waals surface area contributed by atoms with Crippen molar-refractivity contribution in [2.75, 3.05) is 6.54 Å². The van der Waals surface area contributed by atoms with Gasteiger partial charge in [0, 0.05) is 12.1 Å². The molecule has 1 aliphatic heterocycles. The summed E-state index contributed by atoms with van der Waals surface area (Å²) < 4.78 is 44.4. The van der Waals surface area contributed by atoms with Crippen LogP contribution >= 0.6 is 0 Å². The first-order valence-corrected chi connectivity index (χ1v) is 6.76. The molecular weight excluding hydrogens is 299 g/mol. The summed E-state index contributed by atoms with van der Waals surface area (Å²) in [6.07, 6.45) is -7.30. The highest BCUT2D eigenvalue weighted by Gasteiger charge is 2.50.